The minimum Gasteiger partial charge on any atom is -0.479 e. The average molecular weight is 300 g/mol. The monoisotopic (exact) mass is 300 g/mol. The second-order valence-corrected chi connectivity index (χ2v) is 5.27. The molecule has 1 rings (SSSR count). The maximum atomic E-state index is 11.1. The number of rotatable bonds is 8. The van der Waals surface area contributed by atoms with E-state index < -0.39 is 24.3 Å². The van der Waals surface area contributed by atoms with Gasteiger partial charge in [-0.3, -0.25) is 4.79 Å². The van der Waals surface area contributed by atoms with Crippen LogP contribution in [0.25, 0.3) is 0 Å². The minimum absolute atomic E-state index is 0.123. The van der Waals surface area contributed by atoms with Crippen LogP contribution in [0.5, 0.6) is 0 Å². The highest BCUT2D eigenvalue weighted by Gasteiger charge is 2.42. The van der Waals surface area contributed by atoms with Gasteiger partial charge in [-0.15, -0.1) is 0 Å². The largest absolute Gasteiger partial charge is 0.479 e. The maximum absolute atomic E-state index is 11.1. The number of ether oxygens (including phenoxy) is 2. The van der Waals surface area contributed by atoms with Crippen LogP contribution in [0.3, 0.4) is 0 Å². The lowest BCUT2D eigenvalue weighted by Crippen LogP contribution is -2.35. The van der Waals surface area contributed by atoms with Crippen LogP contribution in [0.15, 0.2) is 12.2 Å². The van der Waals surface area contributed by atoms with Gasteiger partial charge in [-0.1, -0.05) is 6.08 Å². The van der Waals surface area contributed by atoms with E-state index in [-0.39, 0.29) is 17.8 Å². The van der Waals surface area contributed by atoms with E-state index in [0.717, 1.165) is 0 Å². The fraction of sp³-hybridized carbons (Fsp3) is 0.733. The molecule has 1 fully saturated rings. The standard InChI is InChI=1S/C15H24O6/c1-4-20-10(3)21-13-8-7-12(14(17)15(18)19)11(13)6-5-9(2)16/h5-6,10-14,17H,4,7-8H2,1-3H3,(H,18,19)/t10?,11-,12+,13-,14?/m0/s1. The Labute approximate surface area is 124 Å². The van der Waals surface area contributed by atoms with Crippen LogP contribution in [-0.4, -0.2) is 47.1 Å². The van der Waals surface area contributed by atoms with Gasteiger partial charge in [0.1, 0.15) is 0 Å². The van der Waals surface area contributed by atoms with Crippen molar-refractivity contribution in [1.82, 2.24) is 0 Å². The number of aliphatic hydroxyl groups is 1. The zero-order valence-corrected chi connectivity index (χ0v) is 12.7. The summed E-state index contributed by atoms with van der Waals surface area (Å²) in [5, 5.41) is 18.8. The predicted molar refractivity (Wildman–Crippen MR) is 75.6 cm³/mol. The van der Waals surface area contributed by atoms with Gasteiger partial charge in [0, 0.05) is 18.4 Å². The minimum atomic E-state index is -1.46. The van der Waals surface area contributed by atoms with Gasteiger partial charge >= 0.3 is 5.97 Å². The first-order valence-corrected chi connectivity index (χ1v) is 7.23. The number of carboxylic acid groups (broad SMARTS) is 1. The van der Waals surface area contributed by atoms with Crippen molar-refractivity contribution < 1.29 is 29.3 Å². The molecule has 0 aromatic rings. The second-order valence-electron chi connectivity index (χ2n) is 5.27. The van der Waals surface area contributed by atoms with Crippen LogP contribution in [0.2, 0.25) is 0 Å². The summed E-state index contributed by atoms with van der Waals surface area (Å²) in [4.78, 5) is 22.1. The van der Waals surface area contributed by atoms with Crippen molar-refractivity contribution in [3.05, 3.63) is 12.2 Å². The normalized spacial score (nSPS) is 28.7. The zero-order chi connectivity index (χ0) is 16.0. The first kappa shape index (κ1) is 17.8. The molecule has 0 heterocycles. The van der Waals surface area contributed by atoms with Gasteiger partial charge in [0.25, 0.3) is 0 Å². The number of carbonyl (C=O) groups excluding carboxylic acids is 1. The lowest BCUT2D eigenvalue weighted by Gasteiger charge is -2.26. The van der Waals surface area contributed by atoms with E-state index in [9.17, 15) is 14.7 Å². The van der Waals surface area contributed by atoms with Crippen molar-refractivity contribution in [2.75, 3.05) is 6.61 Å². The van der Waals surface area contributed by atoms with Gasteiger partial charge < -0.3 is 19.7 Å². The van der Waals surface area contributed by atoms with Crippen molar-refractivity contribution in [2.24, 2.45) is 11.8 Å². The Hall–Kier alpha value is -1.24. The predicted octanol–water partition coefficient (Wildman–Crippen LogP) is 1.37. The van der Waals surface area contributed by atoms with Crippen molar-refractivity contribution in [3.8, 4) is 0 Å². The first-order chi connectivity index (χ1) is 9.86. The molecule has 2 unspecified atom stereocenters. The molecule has 1 aliphatic carbocycles. The molecular formula is C15H24O6. The van der Waals surface area contributed by atoms with Crippen molar-refractivity contribution in [2.45, 2.75) is 52.1 Å². The highest BCUT2D eigenvalue weighted by atomic mass is 16.7. The van der Waals surface area contributed by atoms with E-state index in [1.165, 1.54) is 13.0 Å². The molecule has 1 saturated carbocycles. The van der Waals surface area contributed by atoms with Gasteiger partial charge in [0.15, 0.2) is 18.2 Å². The summed E-state index contributed by atoms with van der Waals surface area (Å²) in [6.45, 7) is 5.57. The molecule has 6 heteroatoms. The molecule has 6 nitrogen and oxygen atoms in total. The molecular weight excluding hydrogens is 276 g/mol. The van der Waals surface area contributed by atoms with Gasteiger partial charge in [0.2, 0.25) is 0 Å². The van der Waals surface area contributed by atoms with E-state index in [2.05, 4.69) is 0 Å². The topological polar surface area (TPSA) is 93.1 Å². The summed E-state index contributed by atoms with van der Waals surface area (Å²) in [7, 11) is 0. The summed E-state index contributed by atoms with van der Waals surface area (Å²) >= 11 is 0. The molecule has 0 aromatic carbocycles. The molecule has 21 heavy (non-hydrogen) atoms. The van der Waals surface area contributed by atoms with Crippen LogP contribution < -0.4 is 0 Å². The van der Waals surface area contributed by atoms with E-state index in [4.69, 9.17) is 14.6 Å². The lowest BCUT2D eigenvalue weighted by molar-refractivity contribution is -0.166. The molecule has 0 spiro atoms. The van der Waals surface area contributed by atoms with Crippen molar-refractivity contribution >= 4 is 11.8 Å². The molecule has 5 atom stereocenters. The maximum Gasteiger partial charge on any atom is 0.332 e. The van der Waals surface area contributed by atoms with E-state index in [0.29, 0.717) is 19.4 Å². The lowest BCUT2D eigenvalue weighted by atomic mass is 9.89. The smallest absolute Gasteiger partial charge is 0.332 e. The summed E-state index contributed by atoms with van der Waals surface area (Å²) < 4.78 is 11.1. The number of ketones is 1. The highest BCUT2D eigenvalue weighted by molar-refractivity contribution is 5.87. The van der Waals surface area contributed by atoms with Gasteiger partial charge in [0.05, 0.1) is 6.10 Å². The van der Waals surface area contributed by atoms with Gasteiger partial charge in [-0.05, 0) is 39.7 Å². The average Bonchev–Trinajstić information content (AvgIpc) is 2.78. The quantitative estimate of drug-likeness (QED) is 0.519. The molecule has 0 radical (unpaired) electrons. The SMILES string of the molecule is CCOC(C)O[C@H]1CC[C@@H](C(O)C(=O)O)[C@@H]1C=CC(C)=O. The van der Waals surface area contributed by atoms with Crippen molar-refractivity contribution in [3.63, 3.8) is 0 Å². The van der Waals surface area contributed by atoms with E-state index >= 15 is 0 Å². The number of hydrogen-bond donors (Lipinski definition) is 2. The third-order valence-corrected chi connectivity index (χ3v) is 3.69. The Bertz CT molecular complexity index is 392. The van der Waals surface area contributed by atoms with Gasteiger partial charge in [-0.25, -0.2) is 4.79 Å². The number of allylic oxidation sites excluding steroid dienone is 1. The van der Waals surface area contributed by atoms with Gasteiger partial charge in [-0.2, -0.15) is 0 Å². The Kier molecular flexibility index (Phi) is 7.01. The third kappa shape index (κ3) is 5.22. The Morgan fingerprint density at radius 1 is 1.38 bits per heavy atom. The Morgan fingerprint density at radius 2 is 2.05 bits per heavy atom. The third-order valence-electron chi connectivity index (χ3n) is 3.69. The Balaban J connectivity index is 2.83. The number of aliphatic hydroxyl groups excluding tert-OH is 1. The van der Waals surface area contributed by atoms with Crippen LogP contribution >= 0.6 is 0 Å². The molecule has 0 bridgehead atoms. The number of carbonyl (C=O) groups is 2. The van der Waals surface area contributed by atoms with Crippen LogP contribution in [0.4, 0.5) is 0 Å². The number of carboxylic acids is 1. The molecule has 1 aliphatic rings. The van der Waals surface area contributed by atoms with Crippen LogP contribution in [0, 0.1) is 11.8 Å². The summed E-state index contributed by atoms with van der Waals surface area (Å²) in [6.07, 6.45) is 2.08. The van der Waals surface area contributed by atoms with Crippen LogP contribution in [-0.2, 0) is 19.1 Å². The molecule has 0 saturated heterocycles. The molecule has 0 amide bonds. The second kappa shape index (κ2) is 8.26. The molecule has 120 valence electrons. The number of hydrogen-bond acceptors (Lipinski definition) is 5. The molecule has 0 aliphatic heterocycles. The Morgan fingerprint density at radius 3 is 2.57 bits per heavy atom. The summed E-state index contributed by atoms with van der Waals surface area (Å²) in [5.41, 5.74) is 0. The van der Waals surface area contributed by atoms with E-state index in [1.54, 1.807) is 13.0 Å². The summed E-state index contributed by atoms with van der Waals surface area (Å²) in [6, 6.07) is 0. The zero-order valence-electron chi connectivity index (χ0n) is 12.7. The van der Waals surface area contributed by atoms with Crippen molar-refractivity contribution in [1.29, 1.82) is 0 Å². The van der Waals surface area contributed by atoms with E-state index in [1.807, 2.05) is 6.92 Å². The van der Waals surface area contributed by atoms with Crippen LogP contribution in [0.1, 0.15) is 33.6 Å². The highest BCUT2D eigenvalue weighted by Crippen LogP contribution is 2.38. The molecule has 0 aromatic heterocycles. The summed E-state index contributed by atoms with van der Waals surface area (Å²) in [5.74, 6) is -2.15. The fourth-order valence-corrected chi connectivity index (χ4v) is 2.76. The number of aliphatic carboxylic acids is 1. The fourth-order valence-electron chi connectivity index (χ4n) is 2.76. The molecule has 2 N–H and O–H groups in total. The first-order valence-electron chi connectivity index (χ1n) is 7.23.